The fraction of sp³-hybridized carbons (Fsp3) is 0.818. The number of carbonyl (C=O) groups excluding carboxylic acids is 3. The lowest BCUT2D eigenvalue weighted by molar-refractivity contribution is -0.142. The minimum Gasteiger partial charge on any atom is -0.480 e. The number of thioether (sulfide) groups is 1. The van der Waals surface area contributed by atoms with Gasteiger partial charge in [0, 0.05) is 0 Å². The molecular formula is C22H43N5O5S. The van der Waals surface area contributed by atoms with Crippen LogP contribution >= 0.6 is 11.8 Å². The highest BCUT2D eigenvalue weighted by Crippen LogP contribution is 2.10. The molecule has 11 heteroatoms. The van der Waals surface area contributed by atoms with Crippen molar-refractivity contribution in [2.24, 2.45) is 23.3 Å². The predicted octanol–water partition coefficient (Wildman–Crippen LogP) is 0.437. The number of nitrogens with two attached hydrogens (primary N) is 2. The van der Waals surface area contributed by atoms with Crippen molar-refractivity contribution in [3.63, 3.8) is 0 Å². The molecule has 0 radical (unpaired) electrons. The van der Waals surface area contributed by atoms with E-state index in [1.807, 2.05) is 20.1 Å². The smallest absolute Gasteiger partial charge is 0.326 e. The van der Waals surface area contributed by atoms with Gasteiger partial charge < -0.3 is 32.5 Å². The average Bonchev–Trinajstić information content (AvgIpc) is 2.73. The Hall–Kier alpha value is -1.85. The summed E-state index contributed by atoms with van der Waals surface area (Å²) < 4.78 is 0. The maximum absolute atomic E-state index is 13.0. The molecule has 10 nitrogen and oxygen atoms in total. The highest BCUT2D eigenvalue weighted by Gasteiger charge is 2.32. The van der Waals surface area contributed by atoms with E-state index in [0.717, 1.165) is 6.42 Å². The van der Waals surface area contributed by atoms with Crippen molar-refractivity contribution in [3.05, 3.63) is 0 Å². The van der Waals surface area contributed by atoms with Gasteiger partial charge in [0.1, 0.15) is 18.1 Å². The third-order valence-corrected chi connectivity index (χ3v) is 5.76. The number of nitrogens with one attached hydrogen (secondary N) is 3. The highest BCUT2D eigenvalue weighted by molar-refractivity contribution is 7.98. The van der Waals surface area contributed by atoms with E-state index >= 15 is 0 Å². The van der Waals surface area contributed by atoms with Crippen molar-refractivity contribution in [3.8, 4) is 0 Å². The van der Waals surface area contributed by atoms with E-state index in [2.05, 4.69) is 16.0 Å². The molecule has 0 saturated carbocycles. The number of amides is 3. The van der Waals surface area contributed by atoms with E-state index in [0.29, 0.717) is 31.6 Å². The van der Waals surface area contributed by atoms with Gasteiger partial charge in [-0.2, -0.15) is 11.8 Å². The number of carbonyl (C=O) groups is 4. The van der Waals surface area contributed by atoms with Gasteiger partial charge in [-0.15, -0.1) is 0 Å². The normalized spacial score (nSPS) is 14.9. The lowest BCUT2D eigenvalue weighted by atomic mass is 9.99. The van der Waals surface area contributed by atoms with Gasteiger partial charge in [0.15, 0.2) is 0 Å². The summed E-state index contributed by atoms with van der Waals surface area (Å²) in [4.78, 5) is 49.8. The van der Waals surface area contributed by atoms with Gasteiger partial charge in [-0.05, 0) is 56.1 Å². The highest BCUT2D eigenvalue weighted by atomic mass is 32.2. The number of carboxylic acids is 1. The van der Waals surface area contributed by atoms with E-state index in [-0.39, 0.29) is 18.3 Å². The van der Waals surface area contributed by atoms with Crippen LogP contribution in [0.1, 0.15) is 59.8 Å². The molecule has 0 aromatic carbocycles. The second-order valence-electron chi connectivity index (χ2n) is 8.99. The quantitative estimate of drug-likeness (QED) is 0.159. The second kappa shape index (κ2) is 16.7. The Bertz CT molecular complexity index is 632. The third kappa shape index (κ3) is 12.8. The summed E-state index contributed by atoms with van der Waals surface area (Å²) in [5, 5.41) is 17.3. The summed E-state index contributed by atoms with van der Waals surface area (Å²) in [6.07, 6.45) is 4.42. The minimum atomic E-state index is -1.13. The largest absolute Gasteiger partial charge is 0.480 e. The van der Waals surface area contributed by atoms with Gasteiger partial charge in [0.05, 0.1) is 6.04 Å². The van der Waals surface area contributed by atoms with Crippen molar-refractivity contribution in [1.29, 1.82) is 0 Å². The maximum Gasteiger partial charge on any atom is 0.326 e. The van der Waals surface area contributed by atoms with Crippen LogP contribution in [0.5, 0.6) is 0 Å². The van der Waals surface area contributed by atoms with Crippen LogP contribution in [0.3, 0.4) is 0 Å². The molecule has 0 bridgehead atoms. The molecule has 33 heavy (non-hydrogen) atoms. The molecule has 0 heterocycles. The van der Waals surface area contributed by atoms with E-state index in [1.54, 1.807) is 13.8 Å². The number of unbranched alkanes of at least 4 members (excludes halogenated alkanes) is 1. The zero-order valence-electron chi connectivity index (χ0n) is 20.6. The Morgan fingerprint density at radius 3 is 1.97 bits per heavy atom. The van der Waals surface area contributed by atoms with Crippen molar-refractivity contribution in [2.75, 3.05) is 18.6 Å². The summed E-state index contributed by atoms with van der Waals surface area (Å²) >= 11 is 1.48. The summed E-state index contributed by atoms with van der Waals surface area (Å²) in [6, 6.07) is -3.60. The summed E-state index contributed by atoms with van der Waals surface area (Å²) in [5.41, 5.74) is 11.4. The molecule has 3 amide bonds. The summed E-state index contributed by atoms with van der Waals surface area (Å²) in [6.45, 7) is 7.87. The molecule has 0 saturated heterocycles. The van der Waals surface area contributed by atoms with Crippen LogP contribution in [-0.2, 0) is 19.2 Å². The number of aliphatic carboxylic acids is 1. The zero-order chi connectivity index (χ0) is 25.6. The van der Waals surface area contributed by atoms with Crippen LogP contribution in [0.25, 0.3) is 0 Å². The van der Waals surface area contributed by atoms with E-state index in [9.17, 15) is 24.3 Å². The molecule has 4 atom stereocenters. The first-order valence-electron chi connectivity index (χ1n) is 11.5. The molecule has 0 fully saturated rings. The Balaban J connectivity index is 5.30. The van der Waals surface area contributed by atoms with Crippen LogP contribution in [0.4, 0.5) is 0 Å². The molecule has 0 spiro atoms. The van der Waals surface area contributed by atoms with Crippen molar-refractivity contribution in [1.82, 2.24) is 16.0 Å². The van der Waals surface area contributed by atoms with Gasteiger partial charge >= 0.3 is 5.97 Å². The van der Waals surface area contributed by atoms with Crippen molar-refractivity contribution >= 4 is 35.5 Å². The molecule has 0 aromatic heterocycles. The SMILES string of the molecule is CSCCC(NC(=O)C(NC(=O)C(CC(C)C)NC(=O)C(N)CCCCN)C(C)C)C(=O)O. The minimum absolute atomic E-state index is 0.101. The fourth-order valence-electron chi connectivity index (χ4n) is 3.16. The lowest BCUT2D eigenvalue weighted by Crippen LogP contribution is -2.58. The van der Waals surface area contributed by atoms with E-state index < -0.39 is 47.9 Å². The Morgan fingerprint density at radius 2 is 1.48 bits per heavy atom. The molecule has 0 aromatic rings. The first kappa shape index (κ1) is 31.1. The molecule has 0 aliphatic carbocycles. The predicted molar refractivity (Wildman–Crippen MR) is 132 cm³/mol. The molecule has 4 unspecified atom stereocenters. The van der Waals surface area contributed by atoms with Crippen molar-refractivity contribution < 1.29 is 24.3 Å². The second-order valence-corrected chi connectivity index (χ2v) is 9.98. The van der Waals surface area contributed by atoms with Gasteiger partial charge in [0.2, 0.25) is 17.7 Å². The van der Waals surface area contributed by atoms with Crippen LogP contribution in [-0.4, -0.2) is 71.5 Å². The van der Waals surface area contributed by atoms with E-state index in [1.165, 1.54) is 11.8 Å². The first-order valence-corrected chi connectivity index (χ1v) is 12.9. The molecule has 192 valence electrons. The topological polar surface area (TPSA) is 177 Å². The Morgan fingerprint density at radius 1 is 0.879 bits per heavy atom. The van der Waals surface area contributed by atoms with Gasteiger partial charge in [-0.25, -0.2) is 4.79 Å². The molecule has 0 aliphatic heterocycles. The Labute approximate surface area is 201 Å². The third-order valence-electron chi connectivity index (χ3n) is 5.12. The summed E-state index contributed by atoms with van der Waals surface area (Å²) in [7, 11) is 0. The number of hydrogen-bond acceptors (Lipinski definition) is 7. The van der Waals surface area contributed by atoms with E-state index in [4.69, 9.17) is 11.5 Å². The standard InChI is InChI=1S/C22H43N5O5S/c1-13(2)12-17(26-19(28)15(24)8-6-7-10-23)20(29)27-18(14(3)4)21(30)25-16(22(31)32)9-11-33-5/h13-18H,6-12,23-24H2,1-5H3,(H,25,30)(H,26,28)(H,27,29)(H,31,32). The number of hydrogen-bond donors (Lipinski definition) is 6. The number of rotatable bonds is 17. The maximum atomic E-state index is 13.0. The fourth-order valence-corrected chi connectivity index (χ4v) is 3.64. The monoisotopic (exact) mass is 489 g/mol. The summed E-state index contributed by atoms with van der Waals surface area (Å²) in [5.74, 6) is -2.25. The van der Waals surface area contributed by atoms with Crippen LogP contribution in [0, 0.1) is 11.8 Å². The lowest BCUT2D eigenvalue weighted by Gasteiger charge is -2.27. The van der Waals surface area contributed by atoms with Gasteiger partial charge in [0.25, 0.3) is 0 Å². The molecular weight excluding hydrogens is 446 g/mol. The first-order chi connectivity index (χ1) is 15.4. The molecule has 0 aliphatic rings. The zero-order valence-corrected chi connectivity index (χ0v) is 21.4. The van der Waals surface area contributed by atoms with Crippen LogP contribution < -0.4 is 27.4 Å². The average molecular weight is 490 g/mol. The van der Waals surface area contributed by atoms with Crippen LogP contribution in [0.15, 0.2) is 0 Å². The van der Waals surface area contributed by atoms with Crippen molar-refractivity contribution in [2.45, 2.75) is 84.0 Å². The van der Waals surface area contributed by atoms with Crippen LogP contribution in [0.2, 0.25) is 0 Å². The van der Waals surface area contributed by atoms with Gasteiger partial charge in [-0.3, -0.25) is 14.4 Å². The molecule has 0 rings (SSSR count). The Kier molecular flexibility index (Phi) is 15.8. The van der Waals surface area contributed by atoms with Gasteiger partial charge in [-0.1, -0.05) is 34.1 Å². The number of carboxylic acid groups (broad SMARTS) is 1. The molecule has 8 N–H and O–H groups in total.